The number of aliphatic hydroxyl groups excluding tert-OH is 1. The van der Waals surface area contributed by atoms with Crippen LogP contribution in [0.25, 0.3) is 0 Å². The molecular formula is C27H29BrN4O6. The number of oxime groups is 1. The number of halogens is 1. The van der Waals surface area contributed by atoms with Gasteiger partial charge in [0.05, 0.1) is 0 Å². The predicted octanol–water partition coefficient (Wildman–Crippen LogP) is 2.95. The van der Waals surface area contributed by atoms with E-state index in [1.807, 2.05) is 42.5 Å². The van der Waals surface area contributed by atoms with Crippen molar-refractivity contribution in [3.05, 3.63) is 94.7 Å². The van der Waals surface area contributed by atoms with Crippen LogP contribution in [0.4, 0.5) is 5.69 Å². The second-order valence-electron chi connectivity index (χ2n) is 8.37. The lowest BCUT2D eigenvalue weighted by molar-refractivity contribution is -0.159. The van der Waals surface area contributed by atoms with Gasteiger partial charge in [0, 0.05) is 66.4 Å². The summed E-state index contributed by atoms with van der Waals surface area (Å²) in [7, 11) is 0. The largest absolute Gasteiger partial charge is 0.473 e. The Morgan fingerprint density at radius 1 is 0.895 bits per heavy atom. The zero-order valence-electron chi connectivity index (χ0n) is 20.6. The molecule has 0 aliphatic carbocycles. The van der Waals surface area contributed by atoms with Crippen LogP contribution in [0.3, 0.4) is 0 Å². The van der Waals surface area contributed by atoms with Crippen LogP contribution in [0.1, 0.15) is 11.1 Å². The summed E-state index contributed by atoms with van der Waals surface area (Å²) in [4.78, 5) is 32.5. The minimum absolute atomic E-state index is 0.143. The number of aliphatic carboxylic acids is 2. The summed E-state index contributed by atoms with van der Waals surface area (Å²) >= 11 is 3.46. The molecule has 200 valence electrons. The number of carboxylic acids is 2. The van der Waals surface area contributed by atoms with E-state index >= 15 is 0 Å². The molecule has 10 nitrogen and oxygen atoms in total. The Morgan fingerprint density at radius 2 is 1.47 bits per heavy atom. The number of piperazine rings is 1. The van der Waals surface area contributed by atoms with Crippen molar-refractivity contribution in [1.29, 1.82) is 0 Å². The van der Waals surface area contributed by atoms with Crippen molar-refractivity contribution < 1.29 is 29.7 Å². The molecule has 1 aromatic heterocycles. The van der Waals surface area contributed by atoms with Gasteiger partial charge in [0.1, 0.15) is 18.4 Å². The van der Waals surface area contributed by atoms with Gasteiger partial charge in [0.2, 0.25) is 0 Å². The first-order chi connectivity index (χ1) is 18.3. The van der Waals surface area contributed by atoms with Gasteiger partial charge in [-0.15, -0.1) is 0 Å². The van der Waals surface area contributed by atoms with Gasteiger partial charge < -0.3 is 25.1 Å². The highest BCUT2D eigenvalue weighted by Gasteiger charge is 2.20. The van der Waals surface area contributed by atoms with Crippen LogP contribution in [-0.2, 0) is 14.4 Å². The molecule has 1 fully saturated rings. The number of carboxylic acid groups (broad SMARTS) is 2. The highest BCUT2D eigenvalue weighted by molar-refractivity contribution is 9.10. The Balaban J connectivity index is 0.000000599. The van der Waals surface area contributed by atoms with Crippen LogP contribution in [0, 0.1) is 0 Å². The molecular weight excluding hydrogens is 556 g/mol. The number of anilines is 1. The first kappa shape index (κ1) is 28.8. The number of nitrogens with zero attached hydrogens (tertiary/aromatic N) is 4. The molecule has 11 heteroatoms. The average molecular weight is 585 g/mol. The van der Waals surface area contributed by atoms with Crippen molar-refractivity contribution in [3.63, 3.8) is 0 Å². The molecule has 2 heterocycles. The summed E-state index contributed by atoms with van der Waals surface area (Å²) in [6.45, 7) is 4.44. The monoisotopic (exact) mass is 584 g/mol. The zero-order valence-corrected chi connectivity index (χ0v) is 22.1. The highest BCUT2D eigenvalue weighted by Crippen LogP contribution is 2.17. The molecule has 0 radical (unpaired) electrons. The van der Waals surface area contributed by atoms with Gasteiger partial charge in [0.15, 0.2) is 0 Å². The molecule has 2 aromatic carbocycles. The van der Waals surface area contributed by atoms with Crippen molar-refractivity contribution in [1.82, 2.24) is 9.88 Å². The molecule has 1 unspecified atom stereocenters. The SMILES string of the molecule is O=C(O)C(=O)O.OC(CON=C(c1ccncc1)c1ccc(Br)cc1)CN1CCN(c2ccccc2)CC1. The number of pyridine rings is 1. The highest BCUT2D eigenvalue weighted by atomic mass is 79.9. The molecule has 1 saturated heterocycles. The predicted molar refractivity (Wildman–Crippen MR) is 146 cm³/mol. The van der Waals surface area contributed by atoms with Crippen molar-refractivity contribution >= 4 is 39.3 Å². The number of para-hydroxylation sites is 1. The van der Waals surface area contributed by atoms with E-state index in [0.29, 0.717) is 12.3 Å². The molecule has 0 bridgehead atoms. The smallest absolute Gasteiger partial charge is 0.414 e. The fraction of sp³-hybridized carbons (Fsp3) is 0.259. The van der Waals surface area contributed by atoms with Crippen LogP contribution >= 0.6 is 15.9 Å². The Morgan fingerprint density at radius 3 is 2.05 bits per heavy atom. The fourth-order valence-corrected chi connectivity index (χ4v) is 4.02. The molecule has 0 saturated carbocycles. The number of hydrogen-bond donors (Lipinski definition) is 3. The minimum atomic E-state index is -1.82. The van der Waals surface area contributed by atoms with Gasteiger partial charge in [-0.2, -0.15) is 0 Å². The van der Waals surface area contributed by atoms with Crippen molar-refractivity contribution in [2.24, 2.45) is 5.16 Å². The maximum Gasteiger partial charge on any atom is 0.414 e. The second-order valence-corrected chi connectivity index (χ2v) is 9.28. The van der Waals surface area contributed by atoms with Crippen LogP contribution < -0.4 is 4.90 Å². The zero-order chi connectivity index (χ0) is 27.3. The van der Waals surface area contributed by atoms with E-state index in [2.05, 4.69) is 60.1 Å². The molecule has 1 aliphatic heterocycles. The van der Waals surface area contributed by atoms with Gasteiger partial charge in [-0.3, -0.25) is 9.88 Å². The van der Waals surface area contributed by atoms with Gasteiger partial charge in [0.25, 0.3) is 0 Å². The quantitative estimate of drug-likeness (QED) is 0.207. The summed E-state index contributed by atoms with van der Waals surface area (Å²) in [5.41, 5.74) is 3.81. The molecule has 3 N–H and O–H groups in total. The Kier molecular flexibility index (Phi) is 11.2. The molecule has 0 amide bonds. The molecule has 0 spiro atoms. The fourth-order valence-electron chi connectivity index (χ4n) is 3.76. The first-order valence-corrected chi connectivity index (χ1v) is 12.7. The summed E-state index contributed by atoms with van der Waals surface area (Å²) in [5.74, 6) is -3.65. The van der Waals surface area contributed by atoms with Crippen LogP contribution in [0.15, 0.2) is 88.8 Å². The first-order valence-electron chi connectivity index (χ1n) is 11.9. The molecule has 1 aliphatic rings. The van der Waals surface area contributed by atoms with E-state index in [-0.39, 0.29) is 6.61 Å². The maximum absolute atomic E-state index is 10.5. The van der Waals surface area contributed by atoms with Gasteiger partial charge in [-0.05, 0) is 36.4 Å². The van der Waals surface area contributed by atoms with Crippen LogP contribution in [0.2, 0.25) is 0 Å². The lowest BCUT2D eigenvalue weighted by Crippen LogP contribution is -2.49. The standard InChI is InChI=1S/C25H27BrN4O2.C2H2O4/c26-22-8-6-20(7-9-22)25(21-10-12-27-13-11-21)28-32-19-24(31)18-29-14-16-30(17-15-29)23-4-2-1-3-5-23;3-1(4)2(5)6/h1-13,24,31H,14-19H2;(H,3,4)(H,5,6). The number of rotatable bonds is 8. The molecule has 38 heavy (non-hydrogen) atoms. The van der Waals surface area contributed by atoms with E-state index in [4.69, 9.17) is 24.6 Å². The van der Waals surface area contributed by atoms with Gasteiger partial charge in [-0.1, -0.05) is 51.4 Å². The lowest BCUT2D eigenvalue weighted by atomic mass is 10.0. The Bertz CT molecular complexity index is 1180. The summed E-state index contributed by atoms with van der Waals surface area (Å²) < 4.78 is 0.999. The van der Waals surface area contributed by atoms with Gasteiger partial charge in [-0.25, -0.2) is 9.59 Å². The average Bonchev–Trinajstić information content (AvgIpc) is 2.93. The summed E-state index contributed by atoms with van der Waals surface area (Å²) in [6.07, 6.45) is 2.85. The lowest BCUT2D eigenvalue weighted by Gasteiger charge is -2.36. The van der Waals surface area contributed by atoms with E-state index < -0.39 is 18.0 Å². The number of carbonyl (C=O) groups is 2. The van der Waals surface area contributed by atoms with Crippen LogP contribution in [0.5, 0.6) is 0 Å². The van der Waals surface area contributed by atoms with E-state index in [9.17, 15) is 5.11 Å². The van der Waals surface area contributed by atoms with E-state index in [0.717, 1.165) is 41.8 Å². The van der Waals surface area contributed by atoms with Crippen molar-refractivity contribution in [2.75, 3.05) is 44.2 Å². The minimum Gasteiger partial charge on any atom is -0.473 e. The third-order valence-electron chi connectivity index (χ3n) is 5.64. The number of benzene rings is 2. The summed E-state index contributed by atoms with van der Waals surface area (Å²) in [5, 5.41) is 29.7. The second kappa shape index (κ2) is 14.8. The van der Waals surface area contributed by atoms with Crippen molar-refractivity contribution in [3.8, 4) is 0 Å². The third-order valence-corrected chi connectivity index (χ3v) is 6.17. The molecule has 1 atom stereocenters. The Labute approximate surface area is 228 Å². The third kappa shape index (κ3) is 9.25. The van der Waals surface area contributed by atoms with E-state index in [1.54, 1.807) is 12.4 Å². The number of aromatic nitrogens is 1. The van der Waals surface area contributed by atoms with Crippen LogP contribution in [-0.4, -0.2) is 88.3 Å². The topological polar surface area (TPSA) is 136 Å². The van der Waals surface area contributed by atoms with Crippen molar-refractivity contribution in [2.45, 2.75) is 6.10 Å². The molecule has 4 rings (SSSR count). The molecule has 3 aromatic rings. The number of β-amino-alcohol motifs (C(OH)–C–C–N with tert-alkyl or cyclic N) is 1. The normalized spacial score (nSPS) is 14.7. The number of aliphatic hydroxyl groups is 1. The van der Waals surface area contributed by atoms with E-state index in [1.165, 1.54) is 5.69 Å². The maximum atomic E-state index is 10.5. The Hall–Kier alpha value is -3.80. The number of hydrogen-bond acceptors (Lipinski definition) is 8. The van der Waals surface area contributed by atoms with Gasteiger partial charge >= 0.3 is 11.9 Å². The summed E-state index contributed by atoms with van der Waals surface area (Å²) in [6, 6.07) is 22.1.